The molecule has 0 aromatic heterocycles. The highest BCUT2D eigenvalue weighted by Gasteiger charge is 2.16. The lowest BCUT2D eigenvalue weighted by Crippen LogP contribution is -2.25. The number of nitrogens with two attached hydrogens (primary N) is 1. The molecule has 0 radical (unpaired) electrons. The van der Waals surface area contributed by atoms with E-state index in [0.29, 0.717) is 12.0 Å². The Balaban J connectivity index is 0.000000810. The van der Waals surface area contributed by atoms with E-state index >= 15 is 0 Å². The van der Waals surface area contributed by atoms with Crippen LogP contribution in [-0.2, 0) is 0 Å². The normalized spacial score (nSPS) is 32.0. The maximum absolute atomic E-state index is 8.49. The Morgan fingerprint density at radius 1 is 1.20 bits per heavy atom. The van der Waals surface area contributed by atoms with Crippen LogP contribution in [0.5, 0.6) is 0 Å². The van der Waals surface area contributed by atoms with E-state index in [1.807, 2.05) is 0 Å². The van der Waals surface area contributed by atoms with E-state index in [1.165, 1.54) is 0 Å². The van der Waals surface area contributed by atoms with E-state index < -0.39 is 0 Å². The van der Waals surface area contributed by atoms with Gasteiger partial charge in [-0.3, -0.25) is 0 Å². The smallest absolute Gasteiger partial charge is 0.0655 e. The van der Waals surface area contributed by atoms with Crippen LogP contribution in [-0.4, -0.2) is 6.04 Å². The lowest BCUT2D eigenvalue weighted by molar-refractivity contribution is 0.381. The van der Waals surface area contributed by atoms with Gasteiger partial charge in [0.1, 0.15) is 0 Å². The van der Waals surface area contributed by atoms with Gasteiger partial charge in [0, 0.05) is 12.0 Å². The molecule has 0 aromatic rings. The van der Waals surface area contributed by atoms with Crippen LogP contribution >= 0.6 is 12.4 Å². The first kappa shape index (κ1) is 9.74. The summed E-state index contributed by atoms with van der Waals surface area (Å²) in [4.78, 5) is 0. The van der Waals surface area contributed by atoms with Crippen LogP contribution < -0.4 is 5.73 Å². The molecule has 0 saturated heterocycles. The predicted octanol–water partition coefficient (Wildman–Crippen LogP) is 1.45. The minimum Gasteiger partial charge on any atom is -0.328 e. The molecule has 10 heavy (non-hydrogen) atoms. The molecule has 0 aliphatic heterocycles. The van der Waals surface area contributed by atoms with E-state index in [9.17, 15) is 0 Å². The van der Waals surface area contributed by atoms with E-state index in [0.717, 1.165) is 25.7 Å². The van der Waals surface area contributed by atoms with Crippen LogP contribution in [0.3, 0.4) is 0 Å². The molecular formula is C7H13ClN2. The van der Waals surface area contributed by atoms with E-state index in [2.05, 4.69) is 6.07 Å². The summed E-state index contributed by atoms with van der Waals surface area (Å²) in [5.41, 5.74) is 5.64. The van der Waals surface area contributed by atoms with Crippen LogP contribution in [0.25, 0.3) is 0 Å². The summed E-state index contributed by atoms with van der Waals surface area (Å²) in [7, 11) is 0. The van der Waals surface area contributed by atoms with Gasteiger partial charge in [-0.2, -0.15) is 5.26 Å². The van der Waals surface area contributed by atoms with Gasteiger partial charge in [0.2, 0.25) is 0 Å². The zero-order chi connectivity index (χ0) is 6.69. The minimum absolute atomic E-state index is 0. The third-order valence-electron chi connectivity index (χ3n) is 1.95. The molecule has 58 valence electrons. The summed E-state index contributed by atoms with van der Waals surface area (Å²) in [6.07, 6.45) is 4.10. The minimum atomic E-state index is 0. The Hall–Kier alpha value is -0.260. The quantitative estimate of drug-likeness (QED) is 0.583. The van der Waals surface area contributed by atoms with Gasteiger partial charge in [0.05, 0.1) is 6.07 Å². The maximum atomic E-state index is 8.49. The fraction of sp³-hybridized carbons (Fsp3) is 0.857. The molecule has 2 N–H and O–H groups in total. The van der Waals surface area contributed by atoms with Crippen LogP contribution in [0.1, 0.15) is 25.7 Å². The topological polar surface area (TPSA) is 49.8 Å². The molecule has 0 aromatic carbocycles. The van der Waals surface area contributed by atoms with Crippen molar-refractivity contribution in [2.75, 3.05) is 0 Å². The molecule has 0 atom stereocenters. The lowest BCUT2D eigenvalue weighted by atomic mass is 9.88. The Bertz CT molecular complexity index is 122. The first-order valence-corrected chi connectivity index (χ1v) is 3.48. The summed E-state index contributed by atoms with van der Waals surface area (Å²) in [6, 6.07) is 2.64. The van der Waals surface area contributed by atoms with E-state index in [4.69, 9.17) is 11.0 Å². The molecule has 0 bridgehead atoms. The molecule has 0 spiro atoms. The fourth-order valence-corrected chi connectivity index (χ4v) is 1.25. The Labute approximate surface area is 67.8 Å². The van der Waals surface area contributed by atoms with Crippen molar-refractivity contribution in [2.24, 2.45) is 11.7 Å². The Morgan fingerprint density at radius 2 is 1.70 bits per heavy atom. The Kier molecular flexibility index (Phi) is 4.42. The summed E-state index contributed by atoms with van der Waals surface area (Å²) in [5.74, 6) is 0.296. The van der Waals surface area contributed by atoms with Crippen LogP contribution in [0.2, 0.25) is 0 Å². The van der Waals surface area contributed by atoms with Gasteiger partial charge in [0.25, 0.3) is 0 Å². The summed E-state index contributed by atoms with van der Waals surface area (Å²) in [5, 5.41) is 8.49. The maximum Gasteiger partial charge on any atom is 0.0655 e. The predicted molar refractivity (Wildman–Crippen MR) is 42.8 cm³/mol. The van der Waals surface area contributed by atoms with Gasteiger partial charge in [0.15, 0.2) is 0 Å². The molecular weight excluding hydrogens is 148 g/mol. The highest BCUT2D eigenvalue weighted by Crippen LogP contribution is 2.21. The molecule has 1 saturated carbocycles. The molecule has 2 nitrogen and oxygen atoms in total. The molecule has 1 rings (SSSR count). The van der Waals surface area contributed by atoms with Crippen LogP contribution in [0, 0.1) is 17.2 Å². The number of halogens is 1. The van der Waals surface area contributed by atoms with Crippen molar-refractivity contribution in [3.05, 3.63) is 0 Å². The molecule has 0 amide bonds. The van der Waals surface area contributed by atoms with Gasteiger partial charge in [-0.05, 0) is 25.7 Å². The first-order valence-electron chi connectivity index (χ1n) is 3.48. The number of nitriles is 1. The number of nitrogens with zero attached hydrogens (tertiary/aromatic N) is 1. The Morgan fingerprint density at radius 3 is 2.10 bits per heavy atom. The van der Waals surface area contributed by atoms with Gasteiger partial charge in [-0.25, -0.2) is 0 Å². The average Bonchev–Trinajstić information content (AvgIpc) is 1.90. The number of rotatable bonds is 0. The molecule has 1 aliphatic carbocycles. The number of hydrogen-bond donors (Lipinski definition) is 1. The van der Waals surface area contributed by atoms with Crippen molar-refractivity contribution in [2.45, 2.75) is 31.7 Å². The van der Waals surface area contributed by atoms with Gasteiger partial charge in [-0.1, -0.05) is 0 Å². The summed E-state index contributed by atoms with van der Waals surface area (Å²) >= 11 is 0. The largest absolute Gasteiger partial charge is 0.328 e. The zero-order valence-corrected chi connectivity index (χ0v) is 6.73. The van der Waals surface area contributed by atoms with Crippen LogP contribution in [0.4, 0.5) is 0 Å². The van der Waals surface area contributed by atoms with Gasteiger partial charge < -0.3 is 5.73 Å². The second-order valence-corrected chi connectivity index (χ2v) is 2.74. The third kappa shape index (κ3) is 2.55. The van der Waals surface area contributed by atoms with Crippen molar-refractivity contribution < 1.29 is 0 Å². The molecule has 0 heterocycles. The lowest BCUT2D eigenvalue weighted by Gasteiger charge is -2.20. The summed E-state index contributed by atoms with van der Waals surface area (Å²) in [6.45, 7) is 0. The highest BCUT2D eigenvalue weighted by atomic mass is 35.5. The molecule has 1 fully saturated rings. The fourth-order valence-electron chi connectivity index (χ4n) is 1.25. The molecule has 1 aliphatic rings. The second-order valence-electron chi connectivity index (χ2n) is 2.74. The standard InChI is InChI=1S/C7H12N2.ClH/c8-5-6-1-3-7(9)4-2-6;/h6-7H,1-4,9H2;1H/t6-,7+;. The first-order chi connectivity index (χ1) is 4.33. The van der Waals surface area contributed by atoms with E-state index in [1.54, 1.807) is 0 Å². The molecule has 3 heteroatoms. The third-order valence-corrected chi connectivity index (χ3v) is 1.95. The van der Waals surface area contributed by atoms with Gasteiger partial charge in [-0.15, -0.1) is 12.4 Å². The monoisotopic (exact) mass is 160 g/mol. The van der Waals surface area contributed by atoms with Crippen molar-refractivity contribution in [1.29, 1.82) is 5.26 Å². The SMILES string of the molecule is Cl.N#C[C@H]1CC[C@@H](N)CC1. The average molecular weight is 161 g/mol. The highest BCUT2D eigenvalue weighted by molar-refractivity contribution is 5.85. The van der Waals surface area contributed by atoms with Crippen molar-refractivity contribution in [1.82, 2.24) is 0 Å². The zero-order valence-electron chi connectivity index (χ0n) is 5.92. The van der Waals surface area contributed by atoms with Crippen LogP contribution in [0.15, 0.2) is 0 Å². The van der Waals surface area contributed by atoms with E-state index in [-0.39, 0.29) is 12.4 Å². The molecule has 0 unspecified atom stereocenters. The second kappa shape index (κ2) is 4.54. The van der Waals surface area contributed by atoms with Gasteiger partial charge >= 0.3 is 0 Å². The van der Waals surface area contributed by atoms with Crippen molar-refractivity contribution >= 4 is 12.4 Å². The summed E-state index contributed by atoms with van der Waals surface area (Å²) < 4.78 is 0. The van der Waals surface area contributed by atoms with Crippen molar-refractivity contribution in [3.8, 4) is 6.07 Å². The number of hydrogen-bond acceptors (Lipinski definition) is 2. The van der Waals surface area contributed by atoms with Crippen molar-refractivity contribution in [3.63, 3.8) is 0 Å².